The summed E-state index contributed by atoms with van der Waals surface area (Å²) < 4.78 is 7.24. The molecule has 0 unspecified atom stereocenters. The Balaban J connectivity index is 1.49. The van der Waals surface area contributed by atoms with Crippen LogP contribution in [0.2, 0.25) is 0 Å². The van der Waals surface area contributed by atoms with Crippen molar-refractivity contribution in [1.82, 2.24) is 19.8 Å². The average molecular weight is 380 g/mol. The molecule has 3 heterocycles. The highest BCUT2D eigenvalue weighted by Crippen LogP contribution is 2.21. The van der Waals surface area contributed by atoms with Gasteiger partial charge < -0.3 is 19.2 Å². The molecule has 0 aliphatic carbocycles. The fourth-order valence-corrected chi connectivity index (χ4v) is 3.94. The molecule has 0 spiro atoms. The number of nitrogens with zero attached hydrogens (tertiary/aromatic N) is 3. The van der Waals surface area contributed by atoms with Crippen molar-refractivity contribution in [3.8, 4) is 0 Å². The van der Waals surface area contributed by atoms with Gasteiger partial charge in [0.15, 0.2) is 5.76 Å². The number of hydrogen-bond acceptors (Lipinski definition) is 4. The second-order valence-electron chi connectivity index (χ2n) is 7.23. The maximum Gasteiger partial charge on any atom is 0.290 e. The van der Waals surface area contributed by atoms with Gasteiger partial charge in [0.05, 0.1) is 23.8 Å². The number of carbonyl (C=O) groups excluding carboxylic acids is 2. The van der Waals surface area contributed by atoms with Crippen LogP contribution in [-0.2, 0) is 18.4 Å². The monoisotopic (exact) mass is 380 g/mol. The number of fused-ring (bicyclic) bond motifs is 1. The molecule has 2 amide bonds. The van der Waals surface area contributed by atoms with Gasteiger partial charge in [-0.05, 0) is 49.9 Å². The summed E-state index contributed by atoms with van der Waals surface area (Å²) in [6.45, 7) is 2.93. The first-order chi connectivity index (χ1) is 13.6. The van der Waals surface area contributed by atoms with Gasteiger partial charge >= 0.3 is 0 Å². The Morgan fingerprint density at radius 3 is 2.86 bits per heavy atom. The van der Waals surface area contributed by atoms with E-state index in [4.69, 9.17) is 4.42 Å². The van der Waals surface area contributed by atoms with E-state index in [1.165, 1.54) is 6.26 Å². The van der Waals surface area contributed by atoms with E-state index in [9.17, 15) is 9.59 Å². The van der Waals surface area contributed by atoms with Crippen molar-refractivity contribution in [2.45, 2.75) is 38.8 Å². The van der Waals surface area contributed by atoms with E-state index in [1.807, 2.05) is 36.7 Å². The maximum absolute atomic E-state index is 12.9. The summed E-state index contributed by atoms with van der Waals surface area (Å²) in [7, 11) is 1.96. The number of piperidine rings is 1. The van der Waals surface area contributed by atoms with Gasteiger partial charge in [0.25, 0.3) is 5.91 Å². The van der Waals surface area contributed by atoms with Crippen molar-refractivity contribution in [3.63, 3.8) is 0 Å². The van der Waals surface area contributed by atoms with Gasteiger partial charge in [-0.15, -0.1) is 0 Å². The third kappa shape index (κ3) is 3.28. The first kappa shape index (κ1) is 18.3. The number of rotatable bonds is 4. The molecular formula is C21H24N4O3. The SMILES string of the molecule is Cc1cccc2nc(CNC(=O)[C@H]3CCCCN3C(=O)c3ccco3)n(C)c12. The molecule has 146 valence electrons. The zero-order valence-electron chi connectivity index (χ0n) is 16.1. The van der Waals surface area contributed by atoms with Crippen LogP contribution in [-0.4, -0.2) is 38.9 Å². The predicted molar refractivity (Wildman–Crippen MR) is 105 cm³/mol. The quantitative estimate of drug-likeness (QED) is 0.755. The van der Waals surface area contributed by atoms with Crippen LogP contribution in [0, 0.1) is 6.92 Å². The smallest absolute Gasteiger partial charge is 0.290 e. The zero-order valence-corrected chi connectivity index (χ0v) is 16.1. The summed E-state index contributed by atoms with van der Waals surface area (Å²) in [5.41, 5.74) is 3.13. The number of para-hydroxylation sites is 1. The predicted octanol–water partition coefficient (Wildman–Crippen LogP) is 2.79. The minimum absolute atomic E-state index is 0.150. The Bertz CT molecular complexity index is 1010. The third-order valence-corrected chi connectivity index (χ3v) is 5.41. The van der Waals surface area contributed by atoms with Crippen molar-refractivity contribution in [3.05, 3.63) is 53.7 Å². The average Bonchev–Trinajstić information content (AvgIpc) is 3.35. The first-order valence-electron chi connectivity index (χ1n) is 9.59. The number of amides is 2. The minimum Gasteiger partial charge on any atom is -0.459 e. The van der Waals surface area contributed by atoms with E-state index in [0.717, 1.165) is 35.3 Å². The Morgan fingerprint density at radius 1 is 1.25 bits per heavy atom. The molecule has 1 aromatic carbocycles. The number of benzene rings is 1. The molecule has 1 fully saturated rings. The summed E-state index contributed by atoms with van der Waals surface area (Å²) in [4.78, 5) is 31.8. The number of furan rings is 1. The van der Waals surface area contributed by atoms with Crippen LogP contribution in [0.1, 0.15) is 41.2 Å². The first-order valence-corrected chi connectivity index (χ1v) is 9.59. The van der Waals surface area contributed by atoms with Gasteiger partial charge in [-0.3, -0.25) is 9.59 Å². The molecule has 0 radical (unpaired) electrons. The normalized spacial score (nSPS) is 17.1. The van der Waals surface area contributed by atoms with Crippen molar-refractivity contribution in [1.29, 1.82) is 0 Å². The number of aromatic nitrogens is 2. The van der Waals surface area contributed by atoms with E-state index in [2.05, 4.69) is 10.3 Å². The lowest BCUT2D eigenvalue weighted by molar-refractivity contribution is -0.126. The topological polar surface area (TPSA) is 80.4 Å². The zero-order chi connectivity index (χ0) is 19.7. The van der Waals surface area contributed by atoms with E-state index < -0.39 is 6.04 Å². The number of aryl methyl sites for hydroxylation is 2. The lowest BCUT2D eigenvalue weighted by atomic mass is 10.0. The summed E-state index contributed by atoms with van der Waals surface area (Å²) in [6.07, 6.45) is 3.94. The van der Waals surface area contributed by atoms with Crippen LogP contribution in [0.4, 0.5) is 0 Å². The van der Waals surface area contributed by atoms with Crippen LogP contribution in [0.5, 0.6) is 0 Å². The van der Waals surface area contributed by atoms with Gasteiger partial charge in [0, 0.05) is 13.6 Å². The van der Waals surface area contributed by atoms with Gasteiger partial charge in [-0.1, -0.05) is 12.1 Å². The second-order valence-corrected chi connectivity index (χ2v) is 7.23. The fraction of sp³-hybridized carbons (Fsp3) is 0.381. The third-order valence-electron chi connectivity index (χ3n) is 5.41. The van der Waals surface area contributed by atoms with Crippen LogP contribution in [0.25, 0.3) is 11.0 Å². The van der Waals surface area contributed by atoms with Crippen LogP contribution in [0.15, 0.2) is 41.0 Å². The molecule has 0 saturated carbocycles. The molecule has 1 atom stereocenters. The molecule has 1 N–H and O–H groups in total. The number of carbonyl (C=O) groups is 2. The molecule has 7 heteroatoms. The van der Waals surface area contributed by atoms with Gasteiger partial charge in [0.1, 0.15) is 11.9 Å². The van der Waals surface area contributed by atoms with E-state index in [1.54, 1.807) is 17.0 Å². The fourth-order valence-electron chi connectivity index (χ4n) is 3.94. The summed E-state index contributed by atoms with van der Waals surface area (Å²) in [5, 5.41) is 2.97. The lowest BCUT2D eigenvalue weighted by Gasteiger charge is -2.34. The summed E-state index contributed by atoms with van der Waals surface area (Å²) in [5.74, 6) is 0.675. The summed E-state index contributed by atoms with van der Waals surface area (Å²) >= 11 is 0. The Morgan fingerprint density at radius 2 is 2.11 bits per heavy atom. The Kier molecular flexibility index (Phi) is 4.90. The van der Waals surface area contributed by atoms with Crippen LogP contribution < -0.4 is 5.32 Å². The molecule has 28 heavy (non-hydrogen) atoms. The highest BCUT2D eigenvalue weighted by molar-refractivity contribution is 5.95. The molecule has 4 rings (SSSR count). The van der Waals surface area contributed by atoms with Gasteiger partial charge in [-0.25, -0.2) is 4.98 Å². The minimum atomic E-state index is -0.484. The van der Waals surface area contributed by atoms with Crippen LogP contribution in [0.3, 0.4) is 0 Å². The Hall–Kier alpha value is -3.09. The maximum atomic E-state index is 12.9. The highest BCUT2D eigenvalue weighted by atomic mass is 16.3. The van der Waals surface area contributed by atoms with Gasteiger partial charge in [-0.2, -0.15) is 0 Å². The molecule has 7 nitrogen and oxygen atoms in total. The standard InChI is InChI=1S/C21H24N4O3/c1-14-7-5-8-15-19(14)24(2)18(23-15)13-22-20(26)16-9-3-4-11-25(16)21(27)17-10-6-12-28-17/h5-8,10,12,16H,3-4,9,11,13H2,1-2H3,(H,22,26)/t16-/m1/s1. The molecular weight excluding hydrogens is 356 g/mol. The molecule has 2 aromatic heterocycles. The molecule has 1 saturated heterocycles. The highest BCUT2D eigenvalue weighted by Gasteiger charge is 2.33. The number of nitrogens with one attached hydrogen (secondary N) is 1. The second kappa shape index (κ2) is 7.50. The lowest BCUT2D eigenvalue weighted by Crippen LogP contribution is -2.51. The molecule has 0 bridgehead atoms. The van der Waals surface area contributed by atoms with E-state index in [0.29, 0.717) is 19.5 Å². The van der Waals surface area contributed by atoms with Crippen molar-refractivity contribution in [2.75, 3.05) is 6.54 Å². The van der Waals surface area contributed by atoms with E-state index in [-0.39, 0.29) is 17.6 Å². The number of imidazole rings is 1. The van der Waals surface area contributed by atoms with Crippen molar-refractivity contribution < 1.29 is 14.0 Å². The van der Waals surface area contributed by atoms with E-state index >= 15 is 0 Å². The Labute approximate surface area is 163 Å². The molecule has 1 aliphatic rings. The molecule has 3 aromatic rings. The summed E-state index contributed by atoms with van der Waals surface area (Å²) in [6, 6.07) is 8.83. The van der Waals surface area contributed by atoms with Crippen LogP contribution >= 0.6 is 0 Å². The van der Waals surface area contributed by atoms with Crippen molar-refractivity contribution >= 4 is 22.8 Å². The molecule has 1 aliphatic heterocycles. The number of likely N-dealkylation sites (tertiary alicyclic amines) is 1. The number of hydrogen-bond donors (Lipinski definition) is 1. The van der Waals surface area contributed by atoms with Crippen molar-refractivity contribution in [2.24, 2.45) is 7.05 Å². The largest absolute Gasteiger partial charge is 0.459 e. The van der Waals surface area contributed by atoms with Gasteiger partial charge in [0.2, 0.25) is 5.91 Å².